The van der Waals surface area contributed by atoms with Crippen LogP contribution in [0.4, 0.5) is 0 Å². The molecular formula is C10H13N3O. The van der Waals surface area contributed by atoms with Gasteiger partial charge in [0.1, 0.15) is 0 Å². The lowest BCUT2D eigenvalue weighted by Gasteiger charge is -2.26. The Morgan fingerprint density at radius 2 is 2.00 bits per heavy atom. The van der Waals surface area contributed by atoms with E-state index in [4.69, 9.17) is 0 Å². The Morgan fingerprint density at radius 1 is 1.21 bits per heavy atom. The highest BCUT2D eigenvalue weighted by atomic mass is 16.2. The number of likely N-dealkylation sites (tertiary alicyclic amines) is 1. The van der Waals surface area contributed by atoms with E-state index < -0.39 is 0 Å². The molecule has 0 spiro atoms. The van der Waals surface area contributed by atoms with Crippen molar-refractivity contribution in [3.8, 4) is 0 Å². The van der Waals surface area contributed by atoms with Crippen molar-refractivity contribution in [2.24, 2.45) is 0 Å². The highest BCUT2D eigenvalue weighted by Gasteiger charge is 2.17. The molecule has 14 heavy (non-hydrogen) atoms. The Morgan fingerprint density at radius 3 is 2.64 bits per heavy atom. The molecule has 2 heterocycles. The van der Waals surface area contributed by atoms with Gasteiger partial charge in [0.15, 0.2) is 0 Å². The summed E-state index contributed by atoms with van der Waals surface area (Å²) in [6.45, 7) is 1.75. The van der Waals surface area contributed by atoms with Gasteiger partial charge in [0.25, 0.3) is 5.91 Å². The second-order valence-electron chi connectivity index (χ2n) is 3.48. The highest BCUT2D eigenvalue weighted by molar-refractivity contribution is 5.93. The fourth-order valence-electron chi connectivity index (χ4n) is 1.70. The second-order valence-corrected chi connectivity index (χ2v) is 3.48. The maximum absolute atomic E-state index is 11.9. The van der Waals surface area contributed by atoms with Crippen molar-refractivity contribution < 1.29 is 4.79 Å². The predicted octanol–water partition coefficient (Wildman–Crippen LogP) is 1.10. The Bertz CT molecular complexity index is 306. The van der Waals surface area contributed by atoms with Gasteiger partial charge in [-0.3, -0.25) is 4.79 Å². The number of aromatic nitrogens is 2. The molecule has 4 heteroatoms. The van der Waals surface area contributed by atoms with Gasteiger partial charge >= 0.3 is 0 Å². The highest BCUT2D eigenvalue weighted by Crippen LogP contribution is 2.11. The summed E-state index contributed by atoms with van der Waals surface area (Å²) in [5, 5.41) is 7.36. The van der Waals surface area contributed by atoms with E-state index in [1.165, 1.54) is 12.6 Å². The van der Waals surface area contributed by atoms with Gasteiger partial charge in [0, 0.05) is 13.1 Å². The van der Waals surface area contributed by atoms with Gasteiger partial charge < -0.3 is 4.90 Å². The summed E-state index contributed by atoms with van der Waals surface area (Å²) in [6.07, 6.45) is 6.54. The van der Waals surface area contributed by atoms with Gasteiger partial charge in [-0.1, -0.05) is 0 Å². The van der Waals surface area contributed by atoms with Crippen LogP contribution in [-0.4, -0.2) is 34.1 Å². The smallest absolute Gasteiger partial charge is 0.255 e. The first-order valence-electron chi connectivity index (χ1n) is 4.94. The number of nitrogens with zero attached hydrogens (tertiary/aromatic N) is 3. The molecule has 0 saturated carbocycles. The molecular weight excluding hydrogens is 178 g/mol. The molecule has 0 N–H and O–H groups in total. The fourth-order valence-corrected chi connectivity index (χ4v) is 1.70. The molecule has 1 aliphatic rings. The lowest BCUT2D eigenvalue weighted by molar-refractivity contribution is 0.0723. The van der Waals surface area contributed by atoms with E-state index in [0.29, 0.717) is 5.56 Å². The number of hydrogen-bond donors (Lipinski definition) is 0. The first-order valence-corrected chi connectivity index (χ1v) is 4.94. The van der Waals surface area contributed by atoms with Crippen LogP contribution in [0.25, 0.3) is 0 Å². The number of amides is 1. The zero-order valence-corrected chi connectivity index (χ0v) is 8.02. The van der Waals surface area contributed by atoms with E-state index in [1.54, 1.807) is 12.3 Å². The van der Waals surface area contributed by atoms with Gasteiger partial charge in [-0.25, -0.2) is 0 Å². The van der Waals surface area contributed by atoms with Crippen molar-refractivity contribution >= 4 is 5.91 Å². The normalized spacial score (nSPS) is 16.7. The van der Waals surface area contributed by atoms with Crippen molar-refractivity contribution in [2.75, 3.05) is 13.1 Å². The van der Waals surface area contributed by atoms with E-state index in [2.05, 4.69) is 10.2 Å². The lowest BCUT2D eigenvalue weighted by atomic mass is 10.1. The number of rotatable bonds is 1. The van der Waals surface area contributed by atoms with Gasteiger partial charge in [-0.15, -0.1) is 0 Å². The van der Waals surface area contributed by atoms with Crippen LogP contribution >= 0.6 is 0 Å². The van der Waals surface area contributed by atoms with Crippen LogP contribution in [-0.2, 0) is 0 Å². The first-order chi connectivity index (χ1) is 6.88. The van der Waals surface area contributed by atoms with Gasteiger partial charge in [-0.2, -0.15) is 10.2 Å². The molecule has 0 unspecified atom stereocenters. The number of carbonyl (C=O) groups excluding carboxylic acids is 1. The average Bonchev–Trinajstić information content (AvgIpc) is 2.30. The summed E-state index contributed by atoms with van der Waals surface area (Å²) in [7, 11) is 0. The molecule has 4 nitrogen and oxygen atoms in total. The zero-order chi connectivity index (χ0) is 9.80. The van der Waals surface area contributed by atoms with E-state index in [0.717, 1.165) is 25.9 Å². The summed E-state index contributed by atoms with van der Waals surface area (Å²) in [6, 6.07) is 1.71. The minimum Gasteiger partial charge on any atom is -0.339 e. The lowest BCUT2D eigenvalue weighted by Crippen LogP contribution is -2.35. The Balaban J connectivity index is 2.07. The Hall–Kier alpha value is -1.45. The van der Waals surface area contributed by atoms with Crippen LogP contribution in [0, 0.1) is 0 Å². The predicted molar refractivity (Wildman–Crippen MR) is 51.8 cm³/mol. The summed E-state index contributed by atoms with van der Waals surface area (Å²) in [5.41, 5.74) is 0.641. The minimum atomic E-state index is 0.0830. The molecule has 1 aromatic rings. The quantitative estimate of drug-likeness (QED) is 0.667. The standard InChI is InChI=1S/C10H13N3O/c14-10(9-4-5-11-12-8-9)13-6-2-1-3-7-13/h4-5,8H,1-3,6-7H2. The van der Waals surface area contributed by atoms with Gasteiger partial charge in [-0.05, 0) is 25.3 Å². The molecule has 1 saturated heterocycles. The number of hydrogen-bond acceptors (Lipinski definition) is 3. The first kappa shape index (κ1) is 9.12. The van der Waals surface area contributed by atoms with Gasteiger partial charge in [0.05, 0.1) is 18.0 Å². The van der Waals surface area contributed by atoms with Crippen LogP contribution in [0.3, 0.4) is 0 Å². The summed E-state index contributed by atoms with van der Waals surface area (Å²) >= 11 is 0. The molecule has 1 aromatic heterocycles. The molecule has 0 radical (unpaired) electrons. The minimum absolute atomic E-state index is 0.0830. The summed E-state index contributed by atoms with van der Waals surface area (Å²) in [5.74, 6) is 0.0830. The topological polar surface area (TPSA) is 46.1 Å². The van der Waals surface area contributed by atoms with Crippen LogP contribution in [0.1, 0.15) is 29.6 Å². The number of piperidine rings is 1. The molecule has 1 fully saturated rings. The SMILES string of the molecule is O=C(c1ccnnc1)N1CCCCC1. The van der Waals surface area contributed by atoms with Crippen molar-refractivity contribution in [3.05, 3.63) is 24.0 Å². The monoisotopic (exact) mass is 191 g/mol. The van der Waals surface area contributed by atoms with Crippen LogP contribution in [0.2, 0.25) is 0 Å². The molecule has 0 bridgehead atoms. The zero-order valence-electron chi connectivity index (χ0n) is 8.02. The molecule has 1 aliphatic heterocycles. The molecule has 2 rings (SSSR count). The third-order valence-corrected chi connectivity index (χ3v) is 2.47. The molecule has 1 amide bonds. The second kappa shape index (κ2) is 4.17. The molecule has 0 aromatic carbocycles. The van der Waals surface area contributed by atoms with E-state index >= 15 is 0 Å². The van der Waals surface area contributed by atoms with E-state index in [1.807, 2.05) is 4.90 Å². The molecule has 0 aliphatic carbocycles. The van der Waals surface area contributed by atoms with Crippen LogP contribution in [0.5, 0.6) is 0 Å². The largest absolute Gasteiger partial charge is 0.339 e. The van der Waals surface area contributed by atoms with Gasteiger partial charge in [0.2, 0.25) is 0 Å². The molecule has 74 valence electrons. The van der Waals surface area contributed by atoms with Crippen molar-refractivity contribution in [1.29, 1.82) is 0 Å². The van der Waals surface area contributed by atoms with Crippen LogP contribution < -0.4 is 0 Å². The van der Waals surface area contributed by atoms with E-state index in [-0.39, 0.29) is 5.91 Å². The van der Waals surface area contributed by atoms with Crippen molar-refractivity contribution in [1.82, 2.24) is 15.1 Å². The summed E-state index contributed by atoms with van der Waals surface area (Å²) in [4.78, 5) is 13.7. The van der Waals surface area contributed by atoms with Crippen molar-refractivity contribution in [3.63, 3.8) is 0 Å². The number of carbonyl (C=O) groups is 1. The average molecular weight is 191 g/mol. The fraction of sp³-hybridized carbons (Fsp3) is 0.500. The Kier molecular flexibility index (Phi) is 2.72. The maximum Gasteiger partial charge on any atom is 0.255 e. The Labute approximate surface area is 82.9 Å². The molecule has 0 atom stereocenters. The maximum atomic E-state index is 11.9. The van der Waals surface area contributed by atoms with Crippen molar-refractivity contribution in [2.45, 2.75) is 19.3 Å². The van der Waals surface area contributed by atoms with E-state index in [9.17, 15) is 4.79 Å². The third-order valence-electron chi connectivity index (χ3n) is 2.47. The third kappa shape index (κ3) is 1.89. The summed E-state index contributed by atoms with van der Waals surface area (Å²) < 4.78 is 0. The van der Waals surface area contributed by atoms with Crippen LogP contribution in [0.15, 0.2) is 18.5 Å².